The fourth-order valence-corrected chi connectivity index (χ4v) is 3.52. The van der Waals surface area contributed by atoms with Crippen molar-refractivity contribution < 1.29 is 19.4 Å². The van der Waals surface area contributed by atoms with E-state index in [1.54, 1.807) is 7.11 Å². The Morgan fingerprint density at radius 3 is 2.68 bits per heavy atom. The number of halogens is 1. The van der Waals surface area contributed by atoms with Gasteiger partial charge in [0.1, 0.15) is 6.04 Å². The normalized spacial score (nSPS) is 30.4. The third-order valence-electron chi connectivity index (χ3n) is 4.58. The van der Waals surface area contributed by atoms with E-state index >= 15 is 0 Å². The Labute approximate surface area is 133 Å². The number of amides is 1. The summed E-state index contributed by atoms with van der Waals surface area (Å²) in [6.45, 7) is 0.345. The van der Waals surface area contributed by atoms with Gasteiger partial charge >= 0.3 is 5.97 Å². The molecule has 0 aromatic heterocycles. The maximum Gasteiger partial charge on any atom is 0.326 e. The van der Waals surface area contributed by atoms with Crippen LogP contribution in [0.25, 0.3) is 0 Å². The van der Waals surface area contributed by atoms with Crippen molar-refractivity contribution in [2.24, 2.45) is 5.92 Å². The Hall–Kier alpha value is -1.59. The number of benzene rings is 1. The van der Waals surface area contributed by atoms with Crippen LogP contribution in [0.1, 0.15) is 24.3 Å². The number of nitrogens with zero attached hydrogens (tertiary/aromatic N) is 1. The number of rotatable bonds is 4. The zero-order chi connectivity index (χ0) is 15.9. The van der Waals surface area contributed by atoms with Gasteiger partial charge in [0.2, 0.25) is 5.91 Å². The molecule has 3 rings (SSSR count). The molecule has 1 saturated carbocycles. The first-order chi connectivity index (χ1) is 10.5. The average molecular weight is 324 g/mol. The highest BCUT2D eigenvalue weighted by Gasteiger charge is 2.50. The molecule has 6 heteroatoms. The molecule has 22 heavy (non-hydrogen) atoms. The first-order valence-electron chi connectivity index (χ1n) is 7.33. The van der Waals surface area contributed by atoms with Crippen LogP contribution in [0.15, 0.2) is 24.3 Å². The van der Waals surface area contributed by atoms with Gasteiger partial charge in [-0.1, -0.05) is 29.8 Å². The lowest BCUT2D eigenvalue weighted by molar-refractivity contribution is -0.148. The molecule has 1 heterocycles. The average Bonchev–Trinajstić information content (AvgIpc) is 3.16. The van der Waals surface area contributed by atoms with Crippen LogP contribution < -0.4 is 0 Å². The minimum atomic E-state index is -0.970. The summed E-state index contributed by atoms with van der Waals surface area (Å²) in [6.07, 6.45) is 0.868. The molecule has 1 N–H and O–H groups in total. The molecule has 4 atom stereocenters. The Morgan fingerprint density at radius 2 is 2.05 bits per heavy atom. The summed E-state index contributed by atoms with van der Waals surface area (Å²) in [4.78, 5) is 25.5. The minimum Gasteiger partial charge on any atom is -0.480 e. The molecule has 2 fully saturated rings. The first-order valence-corrected chi connectivity index (χ1v) is 7.71. The monoisotopic (exact) mass is 323 g/mol. The Kier molecular flexibility index (Phi) is 4.10. The van der Waals surface area contributed by atoms with Crippen molar-refractivity contribution in [3.63, 3.8) is 0 Å². The van der Waals surface area contributed by atoms with E-state index < -0.39 is 12.0 Å². The lowest BCUT2D eigenvalue weighted by Crippen LogP contribution is -2.41. The number of carbonyl (C=O) groups is 2. The molecule has 0 spiro atoms. The molecule has 0 radical (unpaired) electrons. The van der Waals surface area contributed by atoms with E-state index in [9.17, 15) is 14.7 Å². The van der Waals surface area contributed by atoms with Crippen molar-refractivity contribution in [2.75, 3.05) is 13.7 Å². The van der Waals surface area contributed by atoms with Gasteiger partial charge in [-0.3, -0.25) is 4.79 Å². The van der Waals surface area contributed by atoms with E-state index in [2.05, 4.69) is 0 Å². The second-order valence-corrected chi connectivity index (χ2v) is 6.32. The highest BCUT2D eigenvalue weighted by molar-refractivity contribution is 6.31. The van der Waals surface area contributed by atoms with Gasteiger partial charge in [0, 0.05) is 31.0 Å². The zero-order valence-electron chi connectivity index (χ0n) is 12.2. The molecule has 1 aromatic rings. The highest BCUT2D eigenvalue weighted by Crippen LogP contribution is 2.51. The molecule has 1 aliphatic heterocycles. The molecule has 118 valence electrons. The fourth-order valence-electron chi connectivity index (χ4n) is 3.25. The number of likely N-dealkylation sites (tertiary alicyclic amines) is 1. The van der Waals surface area contributed by atoms with E-state index in [0.717, 1.165) is 12.0 Å². The van der Waals surface area contributed by atoms with Gasteiger partial charge in [-0.05, 0) is 24.0 Å². The van der Waals surface area contributed by atoms with Crippen LogP contribution in [0.2, 0.25) is 5.02 Å². The van der Waals surface area contributed by atoms with Crippen molar-refractivity contribution in [3.8, 4) is 0 Å². The summed E-state index contributed by atoms with van der Waals surface area (Å²) < 4.78 is 5.22. The van der Waals surface area contributed by atoms with Crippen LogP contribution in [-0.2, 0) is 14.3 Å². The third-order valence-corrected chi connectivity index (χ3v) is 4.92. The van der Waals surface area contributed by atoms with Crippen molar-refractivity contribution in [1.82, 2.24) is 4.90 Å². The number of aliphatic carboxylic acids is 1. The van der Waals surface area contributed by atoms with Crippen LogP contribution in [0.5, 0.6) is 0 Å². The summed E-state index contributed by atoms with van der Waals surface area (Å²) in [6, 6.07) is 6.71. The number of hydrogen-bond donors (Lipinski definition) is 1. The number of carboxylic acid groups (broad SMARTS) is 1. The van der Waals surface area contributed by atoms with Crippen LogP contribution in [0.3, 0.4) is 0 Å². The molecular formula is C16H18ClNO4. The summed E-state index contributed by atoms with van der Waals surface area (Å²) in [5, 5.41) is 9.97. The van der Waals surface area contributed by atoms with Crippen LogP contribution in [-0.4, -0.2) is 47.7 Å². The summed E-state index contributed by atoms with van der Waals surface area (Å²) >= 11 is 6.17. The number of carbonyl (C=O) groups excluding carboxylic acids is 1. The van der Waals surface area contributed by atoms with Gasteiger partial charge in [0.05, 0.1) is 6.10 Å². The maximum atomic E-state index is 12.6. The van der Waals surface area contributed by atoms with Crippen molar-refractivity contribution >= 4 is 23.5 Å². The third kappa shape index (κ3) is 2.71. The number of hydrogen-bond acceptors (Lipinski definition) is 3. The largest absolute Gasteiger partial charge is 0.480 e. The quantitative estimate of drug-likeness (QED) is 0.922. The standard InChI is InChI=1S/C16H18ClNO4/c1-22-9-6-14(16(20)21)18(8-9)15(19)12-7-11(12)10-4-2-3-5-13(10)17/h2-5,9,11-12,14H,6-8H2,1H3,(H,20,21). The van der Waals surface area contributed by atoms with E-state index in [1.807, 2.05) is 24.3 Å². The minimum absolute atomic E-state index is 0.0947. The van der Waals surface area contributed by atoms with E-state index in [4.69, 9.17) is 16.3 Å². The molecule has 2 aliphatic rings. The highest BCUT2D eigenvalue weighted by atomic mass is 35.5. The van der Waals surface area contributed by atoms with Crippen molar-refractivity contribution in [2.45, 2.75) is 30.9 Å². The van der Waals surface area contributed by atoms with E-state index in [0.29, 0.717) is 18.0 Å². The van der Waals surface area contributed by atoms with Gasteiger partial charge < -0.3 is 14.7 Å². The molecule has 0 bridgehead atoms. The second kappa shape index (κ2) is 5.89. The van der Waals surface area contributed by atoms with Crippen LogP contribution in [0, 0.1) is 5.92 Å². The summed E-state index contributed by atoms with van der Waals surface area (Å²) in [5.41, 5.74) is 0.969. The molecule has 1 aromatic carbocycles. The van der Waals surface area contributed by atoms with Crippen molar-refractivity contribution in [3.05, 3.63) is 34.9 Å². The Balaban J connectivity index is 1.73. The van der Waals surface area contributed by atoms with Crippen LogP contribution >= 0.6 is 11.6 Å². The zero-order valence-corrected chi connectivity index (χ0v) is 13.0. The van der Waals surface area contributed by atoms with Gasteiger partial charge in [0.25, 0.3) is 0 Å². The van der Waals surface area contributed by atoms with E-state index in [-0.39, 0.29) is 23.8 Å². The lowest BCUT2D eigenvalue weighted by Gasteiger charge is -2.21. The first kappa shape index (κ1) is 15.3. The van der Waals surface area contributed by atoms with Gasteiger partial charge in [-0.25, -0.2) is 4.79 Å². The van der Waals surface area contributed by atoms with Crippen molar-refractivity contribution in [1.29, 1.82) is 0 Å². The summed E-state index contributed by atoms with van der Waals surface area (Å²) in [5.74, 6) is -1.14. The molecular weight excluding hydrogens is 306 g/mol. The lowest BCUT2D eigenvalue weighted by atomic mass is 10.1. The number of methoxy groups -OCH3 is 1. The predicted octanol–water partition coefficient (Wildman–Crippen LogP) is 2.14. The predicted molar refractivity (Wildman–Crippen MR) is 80.9 cm³/mol. The number of ether oxygens (including phenoxy) is 1. The molecule has 1 saturated heterocycles. The smallest absolute Gasteiger partial charge is 0.326 e. The molecule has 1 aliphatic carbocycles. The Bertz CT molecular complexity index is 606. The van der Waals surface area contributed by atoms with Gasteiger partial charge in [-0.15, -0.1) is 0 Å². The molecule has 1 amide bonds. The Morgan fingerprint density at radius 1 is 1.32 bits per heavy atom. The molecule has 5 nitrogen and oxygen atoms in total. The topological polar surface area (TPSA) is 66.8 Å². The second-order valence-electron chi connectivity index (χ2n) is 5.91. The fraction of sp³-hybridized carbons (Fsp3) is 0.500. The van der Waals surface area contributed by atoms with E-state index in [1.165, 1.54) is 4.90 Å². The van der Waals surface area contributed by atoms with Gasteiger partial charge in [-0.2, -0.15) is 0 Å². The molecule has 4 unspecified atom stereocenters. The van der Waals surface area contributed by atoms with Crippen LogP contribution in [0.4, 0.5) is 0 Å². The summed E-state index contributed by atoms with van der Waals surface area (Å²) in [7, 11) is 1.54. The maximum absolute atomic E-state index is 12.6. The van der Waals surface area contributed by atoms with Gasteiger partial charge in [0.15, 0.2) is 0 Å². The SMILES string of the molecule is COC1CC(C(=O)O)N(C(=O)C2CC2c2ccccc2Cl)C1. The number of carboxylic acids is 1.